The van der Waals surface area contributed by atoms with Gasteiger partial charge in [0, 0.05) is 12.1 Å². The summed E-state index contributed by atoms with van der Waals surface area (Å²) in [6.07, 6.45) is 1.74. The highest BCUT2D eigenvalue weighted by molar-refractivity contribution is 8.00. The molecule has 0 aliphatic carbocycles. The number of ether oxygens (including phenoxy) is 1. The lowest BCUT2D eigenvalue weighted by Crippen LogP contribution is -2.27. The second kappa shape index (κ2) is 9.96. The zero-order chi connectivity index (χ0) is 22.5. The Morgan fingerprint density at radius 1 is 1.16 bits per heavy atom. The molecule has 1 aromatic heterocycles. The third-order valence-corrected chi connectivity index (χ3v) is 6.34. The van der Waals surface area contributed by atoms with Gasteiger partial charge in [0.1, 0.15) is 16.9 Å². The van der Waals surface area contributed by atoms with E-state index in [1.165, 1.54) is 0 Å². The van der Waals surface area contributed by atoms with Gasteiger partial charge in [-0.15, -0.1) is 11.8 Å². The van der Waals surface area contributed by atoms with E-state index < -0.39 is 0 Å². The van der Waals surface area contributed by atoms with Crippen LogP contribution < -0.4 is 10.1 Å². The van der Waals surface area contributed by atoms with E-state index in [0.29, 0.717) is 24.4 Å². The molecule has 1 saturated heterocycles. The lowest BCUT2D eigenvalue weighted by Gasteiger charge is -2.23. The van der Waals surface area contributed by atoms with E-state index in [1.807, 2.05) is 67.3 Å². The SMILES string of the molecule is CC(C)Oc1ccc(CNC(=O)c2ccc([C@@H]3SCC(=O)N3Cc3ccco3)cc2)cc1. The van der Waals surface area contributed by atoms with Crippen LogP contribution in [0.25, 0.3) is 0 Å². The second-order valence-corrected chi connectivity index (χ2v) is 8.95. The highest BCUT2D eigenvalue weighted by Crippen LogP contribution is 2.39. The van der Waals surface area contributed by atoms with Gasteiger partial charge in [0.2, 0.25) is 5.91 Å². The van der Waals surface area contributed by atoms with Crippen LogP contribution in [-0.2, 0) is 17.9 Å². The van der Waals surface area contributed by atoms with Gasteiger partial charge < -0.3 is 19.4 Å². The first-order valence-corrected chi connectivity index (χ1v) is 11.6. The van der Waals surface area contributed by atoms with Crippen LogP contribution in [0.15, 0.2) is 71.3 Å². The van der Waals surface area contributed by atoms with Crippen molar-refractivity contribution in [2.24, 2.45) is 0 Å². The van der Waals surface area contributed by atoms with Crippen LogP contribution in [0.3, 0.4) is 0 Å². The fourth-order valence-corrected chi connectivity index (χ4v) is 4.70. The minimum atomic E-state index is -0.137. The zero-order valence-corrected chi connectivity index (χ0v) is 18.9. The normalized spacial score (nSPS) is 15.9. The van der Waals surface area contributed by atoms with E-state index in [1.54, 1.807) is 30.2 Å². The van der Waals surface area contributed by atoms with Crippen molar-refractivity contribution in [2.75, 3.05) is 5.75 Å². The molecule has 0 radical (unpaired) electrons. The minimum absolute atomic E-state index is 0.0861. The molecular weight excluding hydrogens is 424 g/mol. The number of amides is 2. The molecule has 1 aliphatic rings. The molecule has 2 aromatic carbocycles. The zero-order valence-electron chi connectivity index (χ0n) is 18.1. The average molecular weight is 451 g/mol. The number of hydrogen-bond acceptors (Lipinski definition) is 5. The van der Waals surface area contributed by atoms with Crippen molar-refractivity contribution in [3.63, 3.8) is 0 Å². The summed E-state index contributed by atoms with van der Waals surface area (Å²) in [6, 6.07) is 18.8. The second-order valence-electron chi connectivity index (χ2n) is 7.88. The first kappa shape index (κ1) is 22.0. The van der Waals surface area contributed by atoms with Gasteiger partial charge in [-0.1, -0.05) is 24.3 Å². The Kier molecular flexibility index (Phi) is 6.85. The third kappa shape index (κ3) is 5.34. The Morgan fingerprint density at radius 2 is 1.91 bits per heavy atom. The number of thioether (sulfide) groups is 1. The lowest BCUT2D eigenvalue weighted by atomic mass is 10.1. The molecule has 1 atom stereocenters. The van der Waals surface area contributed by atoms with Gasteiger partial charge in [-0.2, -0.15) is 0 Å². The van der Waals surface area contributed by atoms with E-state index in [4.69, 9.17) is 9.15 Å². The van der Waals surface area contributed by atoms with Crippen LogP contribution in [0, 0.1) is 0 Å². The average Bonchev–Trinajstić information content (AvgIpc) is 3.43. The van der Waals surface area contributed by atoms with Crippen molar-refractivity contribution in [3.8, 4) is 5.75 Å². The Morgan fingerprint density at radius 3 is 2.56 bits per heavy atom. The molecule has 32 heavy (non-hydrogen) atoms. The topological polar surface area (TPSA) is 71.8 Å². The van der Waals surface area contributed by atoms with Crippen LogP contribution in [0.5, 0.6) is 5.75 Å². The summed E-state index contributed by atoms with van der Waals surface area (Å²) in [4.78, 5) is 26.7. The van der Waals surface area contributed by atoms with Crippen molar-refractivity contribution in [1.29, 1.82) is 0 Å². The summed E-state index contributed by atoms with van der Waals surface area (Å²) in [6.45, 7) is 4.85. The van der Waals surface area contributed by atoms with Gasteiger partial charge in [0.15, 0.2) is 0 Å². The van der Waals surface area contributed by atoms with Crippen molar-refractivity contribution in [2.45, 2.75) is 38.4 Å². The summed E-state index contributed by atoms with van der Waals surface area (Å²) in [7, 11) is 0. The molecule has 166 valence electrons. The number of nitrogens with one attached hydrogen (secondary N) is 1. The van der Waals surface area contributed by atoms with Gasteiger partial charge in [0.25, 0.3) is 5.91 Å². The molecule has 0 spiro atoms. The largest absolute Gasteiger partial charge is 0.491 e. The molecule has 6 nitrogen and oxygen atoms in total. The van der Waals surface area contributed by atoms with Crippen molar-refractivity contribution < 1.29 is 18.7 Å². The van der Waals surface area contributed by atoms with Crippen LogP contribution >= 0.6 is 11.8 Å². The molecule has 2 heterocycles. The Balaban J connectivity index is 1.35. The number of carbonyl (C=O) groups excluding carboxylic acids is 2. The summed E-state index contributed by atoms with van der Waals surface area (Å²) < 4.78 is 11.0. The fourth-order valence-electron chi connectivity index (χ4n) is 3.51. The van der Waals surface area contributed by atoms with E-state index in [0.717, 1.165) is 22.6 Å². The lowest BCUT2D eigenvalue weighted by molar-refractivity contribution is -0.128. The van der Waals surface area contributed by atoms with Crippen LogP contribution in [-0.4, -0.2) is 28.6 Å². The predicted octanol–water partition coefficient (Wildman–Crippen LogP) is 4.77. The molecule has 0 unspecified atom stereocenters. The molecule has 2 amide bonds. The summed E-state index contributed by atoms with van der Waals surface area (Å²) in [5.74, 6) is 1.96. The van der Waals surface area contributed by atoms with Crippen LogP contribution in [0.2, 0.25) is 0 Å². The Hall–Kier alpha value is -3.19. The van der Waals surface area contributed by atoms with Gasteiger partial charge in [-0.05, 0) is 61.4 Å². The summed E-state index contributed by atoms with van der Waals surface area (Å²) in [5.41, 5.74) is 2.57. The molecule has 0 saturated carbocycles. The smallest absolute Gasteiger partial charge is 0.251 e. The van der Waals surface area contributed by atoms with Crippen molar-refractivity contribution in [1.82, 2.24) is 10.2 Å². The standard InChI is InChI=1S/C25H26N2O4S/c1-17(2)31-21-11-5-18(6-12-21)14-26-24(29)19-7-9-20(10-8-19)25-27(23(28)16-32-25)15-22-4-3-13-30-22/h3-13,17,25H,14-16H2,1-2H3,(H,26,29)/t25-/m0/s1. The van der Waals surface area contributed by atoms with E-state index in [9.17, 15) is 9.59 Å². The van der Waals surface area contributed by atoms with E-state index in [-0.39, 0.29) is 23.3 Å². The number of carbonyl (C=O) groups is 2. The number of furan rings is 1. The quantitative estimate of drug-likeness (QED) is 0.535. The van der Waals surface area contributed by atoms with Gasteiger partial charge in [0.05, 0.1) is 24.7 Å². The fraction of sp³-hybridized carbons (Fsp3) is 0.280. The number of rotatable bonds is 8. The summed E-state index contributed by atoms with van der Waals surface area (Å²) in [5, 5.41) is 2.86. The molecule has 1 aliphatic heterocycles. The molecule has 7 heteroatoms. The summed E-state index contributed by atoms with van der Waals surface area (Å²) >= 11 is 1.58. The van der Waals surface area contributed by atoms with Crippen LogP contribution in [0.4, 0.5) is 0 Å². The number of hydrogen-bond donors (Lipinski definition) is 1. The molecule has 3 aromatic rings. The number of benzene rings is 2. The molecular formula is C25H26N2O4S. The Bertz CT molecular complexity index is 1050. The van der Waals surface area contributed by atoms with Crippen molar-refractivity contribution >= 4 is 23.6 Å². The monoisotopic (exact) mass is 450 g/mol. The molecule has 4 rings (SSSR count). The number of nitrogens with zero attached hydrogens (tertiary/aromatic N) is 1. The van der Waals surface area contributed by atoms with Crippen LogP contribution in [0.1, 0.15) is 46.5 Å². The van der Waals surface area contributed by atoms with E-state index in [2.05, 4.69) is 5.32 Å². The Labute approximate surface area is 191 Å². The van der Waals surface area contributed by atoms with Gasteiger partial charge >= 0.3 is 0 Å². The van der Waals surface area contributed by atoms with Crippen molar-refractivity contribution in [3.05, 3.63) is 89.4 Å². The third-order valence-electron chi connectivity index (χ3n) is 5.08. The highest BCUT2D eigenvalue weighted by Gasteiger charge is 2.33. The highest BCUT2D eigenvalue weighted by atomic mass is 32.2. The molecule has 1 N–H and O–H groups in total. The minimum Gasteiger partial charge on any atom is -0.491 e. The van der Waals surface area contributed by atoms with E-state index >= 15 is 0 Å². The first-order valence-electron chi connectivity index (χ1n) is 10.6. The molecule has 0 bridgehead atoms. The van der Waals surface area contributed by atoms with Gasteiger partial charge in [-0.3, -0.25) is 9.59 Å². The van der Waals surface area contributed by atoms with Gasteiger partial charge in [-0.25, -0.2) is 0 Å². The maximum atomic E-state index is 12.6. The maximum Gasteiger partial charge on any atom is 0.251 e. The molecule has 1 fully saturated rings. The first-order chi connectivity index (χ1) is 15.5. The predicted molar refractivity (Wildman–Crippen MR) is 124 cm³/mol. The maximum absolute atomic E-state index is 12.6.